The normalized spacial score (nSPS) is 11.0. The number of aromatic nitrogens is 1. The first-order valence-electron chi connectivity index (χ1n) is 9.34. The van der Waals surface area contributed by atoms with Crippen LogP contribution in [0.2, 0.25) is 0 Å². The highest BCUT2D eigenvalue weighted by molar-refractivity contribution is 9.10. The summed E-state index contributed by atoms with van der Waals surface area (Å²) in [5.74, 6) is 0.309. The number of ether oxygens (including phenoxy) is 1. The number of hydrogen-bond acceptors (Lipinski definition) is 4. The largest absolute Gasteiger partial charge is 0.488 e. The van der Waals surface area contributed by atoms with Gasteiger partial charge in [0.1, 0.15) is 18.1 Å². The number of pyridine rings is 1. The predicted molar refractivity (Wildman–Crippen MR) is 122 cm³/mol. The summed E-state index contributed by atoms with van der Waals surface area (Å²) >= 11 is 3.46. The first-order chi connectivity index (χ1) is 14.7. The number of amides is 1. The zero-order chi connectivity index (χ0) is 20.8. The second-order valence-electron chi connectivity index (χ2n) is 6.54. The topological polar surface area (TPSA) is 63.6 Å². The molecule has 1 N–H and O–H groups in total. The van der Waals surface area contributed by atoms with Crippen molar-refractivity contribution in [3.63, 3.8) is 0 Å². The molecular formula is C24H18BrN3O2. The zero-order valence-corrected chi connectivity index (χ0v) is 17.5. The van der Waals surface area contributed by atoms with Crippen molar-refractivity contribution in [2.24, 2.45) is 5.10 Å². The summed E-state index contributed by atoms with van der Waals surface area (Å²) in [7, 11) is 0. The van der Waals surface area contributed by atoms with Crippen molar-refractivity contribution in [3.05, 3.63) is 106 Å². The molecule has 148 valence electrons. The first kappa shape index (κ1) is 19.8. The van der Waals surface area contributed by atoms with Crippen molar-refractivity contribution < 1.29 is 9.53 Å². The van der Waals surface area contributed by atoms with E-state index in [0.717, 1.165) is 26.5 Å². The maximum absolute atomic E-state index is 12.4. The Morgan fingerprint density at radius 2 is 1.83 bits per heavy atom. The molecule has 0 saturated heterocycles. The number of nitrogens with zero attached hydrogens (tertiary/aromatic N) is 2. The summed E-state index contributed by atoms with van der Waals surface area (Å²) in [5, 5.41) is 5.06. The number of benzene rings is 3. The predicted octanol–water partition coefficient (Wildman–Crippen LogP) is 5.34. The minimum absolute atomic E-state index is 0.310. The van der Waals surface area contributed by atoms with E-state index in [1.165, 1.54) is 0 Å². The standard InChI is InChI=1S/C24H18BrN3O2/c25-20-9-5-6-17(14-20)16-30-23-11-4-2-8-19(23)15-26-28-24(29)22-13-12-18-7-1-3-10-21(18)27-22/h1-15H,16H2,(H,28,29)/b26-15+. The number of rotatable bonds is 6. The molecule has 0 unspecified atom stereocenters. The maximum Gasteiger partial charge on any atom is 0.289 e. The second kappa shape index (κ2) is 9.33. The Labute approximate surface area is 182 Å². The quantitative estimate of drug-likeness (QED) is 0.312. The molecular weight excluding hydrogens is 442 g/mol. The fraction of sp³-hybridized carbons (Fsp3) is 0.0417. The van der Waals surface area contributed by atoms with Crippen LogP contribution in [0.1, 0.15) is 21.6 Å². The van der Waals surface area contributed by atoms with E-state index in [1.807, 2.05) is 78.9 Å². The van der Waals surface area contributed by atoms with Gasteiger partial charge in [-0.25, -0.2) is 10.4 Å². The highest BCUT2D eigenvalue weighted by Gasteiger charge is 2.07. The van der Waals surface area contributed by atoms with Crippen molar-refractivity contribution in [2.45, 2.75) is 6.61 Å². The maximum atomic E-state index is 12.4. The monoisotopic (exact) mass is 459 g/mol. The number of para-hydroxylation sites is 2. The Balaban J connectivity index is 1.42. The van der Waals surface area contributed by atoms with Crippen molar-refractivity contribution in [1.29, 1.82) is 0 Å². The molecule has 0 atom stereocenters. The Kier molecular flexibility index (Phi) is 6.15. The van der Waals surface area contributed by atoms with Crippen molar-refractivity contribution in [1.82, 2.24) is 10.4 Å². The molecule has 0 saturated carbocycles. The van der Waals surface area contributed by atoms with Crippen LogP contribution in [0.5, 0.6) is 5.75 Å². The Bertz CT molecular complexity index is 1220. The minimum atomic E-state index is -0.371. The molecule has 0 aliphatic heterocycles. The van der Waals surface area contributed by atoms with Gasteiger partial charge in [-0.1, -0.05) is 64.5 Å². The number of nitrogens with one attached hydrogen (secondary N) is 1. The van der Waals surface area contributed by atoms with Gasteiger partial charge in [0.05, 0.1) is 11.7 Å². The van der Waals surface area contributed by atoms with E-state index < -0.39 is 0 Å². The van der Waals surface area contributed by atoms with Gasteiger partial charge in [0.2, 0.25) is 0 Å². The molecule has 0 aliphatic carbocycles. The third-order valence-electron chi connectivity index (χ3n) is 4.40. The summed E-state index contributed by atoms with van der Waals surface area (Å²) in [6.07, 6.45) is 1.56. The van der Waals surface area contributed by atoms with Gasteiger partial charge in [0, 0.05) is 15.4 Å². The van der Waals surface area contributed by atoms with E-state index >= 15 is 0 Å². The number of carbonyl (C=O) groups excluding carboxylic acids is 1. The number of hydrogen-bond donors (Lipinski definition) is 1. The van der Waals surface area contributed by atoms with E-state index in [-0.39, 0.29) is 5.91 Å². The van der Waals surface area contributed by atoms with Crippen LogP contribution in [-0.2, 0) is 6.61 Å². The van der Waals surface area contributed by atoms with Gasteiger partial charge >= 0.3 is 0 Å². The molecule has 6 heteroatoms. The molecule has 4 rings (SSSR count). The molecule has 0 radical (unpaired) electrons. The van der Waals surface area contributed by atoms with E-state index in [1.54, 1.807) is 12.3 Å². The van der Waals surface area contributed by atoms with Gasteiger partial charge in [-0.3, -0.25) is 4.79 Å². The van der Waals surface area contributed by atoms with Gasteiger partial charge in [0.15, 0.2) is 0 Å². The van der Waals surface area contributed by atoms with Crippen molar-refractivity contribution >= 4 is 39.0 Å². The lowest BCUT2D eigenvalue weighted by molar-refractivity contribution is 0.0950. The molecule has 30 heavy (non-hydrogen) atoms. The van der Waals surface area contributed by atoms with E-state index in [4.69, 9.17) is 4.74 Å². The van der Waals surface area contributed by atoms with Gasteiger partial charge < -0.3 is 4.74 Å². The third-order valence-corrected chi connectivity index (χ3v) is 4.90. The van der Waals surface area contributed by atoms with Gasteiger partial charge in [0.25, 0.3) is 5.91 Å². The average Bonchev–Trinajstić information content (AvgIpc) is 2.78. The van der Waals surface area contributed by atoms with Crippen molar-refractivity contribution in [2.75, 3.05) is 0 Å². The lowest BCUT2D eigenvalue weighted by Gasteiger charge is -2.09. The Hall–Kier alpha value is -3.51. The fourth-order valence-electron chi connectivity index (χ4n) is 2.92. The second-order valence-corrected chi connectivity index (χ2v) is 7.46. The summed E-state index contributed by atoms with van der Waals surface area (Å²) in [4.78, 5) is 16.8. The van der Waals surface area contributed by atoms with Gasteiger partial charge in [-0.15, -0.1) is 0 Å². The van der Waals surface area contributed by atoms with Crippen LogP contribution < -0.4 is 10.2 Å². The smallest absolute Gasteiger partial charge is 0.289 e. The van der Waals surface area contributed by atoms with Crippen molar-refractivity contribution in [3.8, 4) is 5.75 Å². The fourth-order valence-corrected chi connectivity index (χ4v) is 3.36. The van der Waals surface area contributed by atoms with Crippen LogP contribution in [0.4, 0.5) is 0 Å². The number of fused-ring (bicyclic) bond motifs is 1. The highest BCUT2D eigenvalue weighted by Crippen LogP contribution is 2.19. The molecule has 1 heterocycles. The molecule has 0 aliphatic rings. The lowest BCUT2D eigenvalue weighted by Crippen LogP contribution is -2.19. The van der Waals surface area contributed by atoms with Crippen LogP contribution in [0, 0.1) is 0 Å². The minimum Gasteiger partial charge on any atom is -0.488 e. The summed E-state index contributed by atoms with van der Waals surface area (Å²) < 4.78 is 6.93. The number of carbonyl (C=O) groups is 1. The molecule has 0 spiro atoms. The van der Waals surface area contributed by atoms with E-state index in [2.05, 4.69) is 31.4 Å². The Morgan fingerprint density at radius 3 is 2.73 bits per heavy atom. The first-order valence-corrected chi connectivity index (χ1v) is 10.1. The molecule has 0 bridgehead atoms. The summed E-state index contributed by atoms with van der Waals surface area (Å²) in [5.41, 5.74) is 5.41. The summed E-state index contributed by atoms with van der Waals surface area (Å²) in [6.45, 7) is 0.428. The zero-order valence-electron chi connectivity index (χ0n) is 16.0. The highest BCUT2D eigenvalue weighted by atomic mass is 79.9. The van der Waals surface area contributed by atoms with Crippen LogP contribution in [0.15, 0.2) is 94.5 Å². The van der Waals surface area contributed by atoms with Gasteiger partial charge in [-0.2, -0.15) is 5.10 Å². The van der Waals surface area contributed by atoms with Crippen LogP contribution in [0.25, 0.3) is 10.9 Å². The molecule has 4 aromatic rings. The number of halogens is 1. The molecule has 1 aromatic heterocycles. The van der Waals surface area contributed by atoms with Crippen LogP contribution >= 0.6 is 15.9 Å². The van der Waals surface area contributed by atoms with E-state index in [9.17, 15) is 4.79 Å². The average molecular weight is 460 g/mol. The molecule has 0 fully saturated rings. The molecule has 3 aromatic carbocycles. The molecule has 5 nitrogen and oxygen atoms in total. The Morgan fingerprint density at radius 1 is 1.00 bits per heavy atom. The van der Waals surface area contributed by atoms with Crippen LogP contribution in [0.3, 0.4) is 0 Å². The van der Waals surface area contributed by atoms with Crippen LogP contribution in [-0.4, -0.2) is 17.1 Å². The van der Waals surface area contributed by atoms with Gasteiger partial charge in [-0.05, 0) is 42.0 Å². The summed E-state index contributed by atoms with van der Waals surface area (Å²) in [6, 6.07) is 26.7. The molecule has 1 amide bonds. The van der Waals surface area contributed by atoms with E-state index in [0.29, 0.717) is 18.1 Å². The third kappa shape index (κ3) is 4.90. The lowest BCUT2D eigenvalue weighted by atomic mass is 10.2. The number of hydrazone groups is 1. The SMILES string of the molecule is O=C(N/N=C/c1ccccc1OCc1cccc(Br)c1)c1ccc2ccccc2n1.